The molecule has 2 heterocycles. The van der Waals surface area contributed by atoms with Crippen LogP contribution in [0.25, 0.3) is 10.8 Å². The molecule has 2 aliphatic rings. The zero-order chi connectivity index (χ0) is 21.6. The Balaban J connectivity index is 1.81. The number of aliphatic hydroxyl groups excluding tert-OH is 1. The summed E-state index contributed by atoms with van der Waals surface area (Å²) in [4.78, 5) is 56.3. The van der Waals surface area contributed by atoms with Gasteiger partial charge in [0.15, 0.2) is 0 Å². The van der Waals surface area contributed by atoms with Gasteiger partial charge in [0.1, 0.15) is 0 Å². The smallest absolute Gasteiger partial charge is 0.261 e. The first kappa shape index (κ1) is 20.2. The molecule has 2 aliphatic heterocycles. The largest absolute Gasteiger partial charge is 0.396 e. The van der Waals surface area contributed by atoms with Crippen molar-refractivity contribution in [2.24, 2.45) is 0 Å². The maximum Gasteiger partial charge on any atom is 0.261 e. The fraction of sp³-hybridized carbons (Fsp3) is 0.364. The lowest BCUT2D eigenvalue weighted by Gasteiger charge is -2.32. The van der Waals surface area contributed by atoms with Crippen LogP contribution in [-0.2, 0) is 0 Å². The van der Waals surface area contributed by atoms with Gasteiger partial charge in [-0.15, -0.1) is 0 Å². The first-order chi connectivity index (χ1) is 14.4. The molecule has 4 amide bonds. The molecule has 0 aromatic heterocycles. The van der Waals surface area contributed by atoms with Gasteiger partial charge in [0, 0.05) is 52.7 Å². The minimum Gasteiger partial charge on any atom is -0.396 e. The Morgan fingerprint density at radius 3 is 1.40 bits per heavy atom. The SMILES string of the molecule is CN(C)CCCN1C(=O)c2ccc3c4c(ccc(c24)C1=O)C(=O)N(CCCO)C3=O. The Kier molecular flexibility index (Phi) is 5.13. The van der Waals surface area contributed by atoms with Crippen molar-refractivity contribution in [3.8, 4) is 0 Å². The summed E-state index contributed by atoms with van der Waals surface area (Å²) in [5, 5.41) is 9.83. The second-order valence-electron chi connectivity index (χ2n) is 7.83. The number of nitrogens with zero attached hydrogens (tertiary/aromatic N) is 3. The zero-order valence-electron chi connectivity index (χ0n) is 17.0. The van der Waals surface area contributed by atoms with Gasteiger partial charge in [0.25, 0.3) is 23.6 Å². The Hall–Kier alpha value is -3.10. The van der Waals surface area contributed by atoms with E-state index in [4.69, 9.17) is 5.11 Å². The van der Waals surface area contributed by atoms with E-state index < -0.39 is 23.6 Å². The van der Waals surface area contributed by atoms with Crippen molar-refractivity contribution in [1.82, 2.24) is 14.7 Å². The Morgan fingerprint density at radius 1 is 0.700 bits per heavy atom. The normalized spacial score (nSPS) is 15.7. The first-order valence-corrected chi connectivity index (χ1v) is 9.94. The van der Waals surface area contributed by atoms with Crippen molar-refractivity contribution >= 4 is 34.4 Å². The molecular weight excluding hydrogens is 386 g/mol. The molecule has 8 nitrogen and oxygen atoms in total. The van der Waals surface area contributed by atoms with E-state index in [0.717, 1.165) is 11.4 Å². The Labute approximate surface area is 173 Å². The summed E-state index contributed by atoms with van der Waals surface area (Å²) in [6, 6.07) is 6.24. The zero-order valence-corrected chi connectivity index (χ0v) is 17.0. The second-order valence-corrected chi connectivity index (χ2v) is 7.83. The predicted molar refractivity (Wildman–Crippen MR) is 110 cm³/mol. The molecule has 8 heteroatoms. The van der Waals surface area contributed by atoms with Crippen molar-refractivity contribution in [2.75, 3.05) is 40.3 Å². The third kappa shape index (κ3) is 3.00. The van der Waals surface area contributed by atoms with Crippen LogP contribution in [0.1, 0.15) is 54.3 Å². The molecular formula is C22H23N3O5. The number of hydrogen-bond acceptors (Lipinski definition) is 6. The van der Waals surface area contributed by atoms with Crippen molar-refractivity contribution in [3.05, 3.63) is 46.5 Å². The highest BCUT2D eigenvalue weighted by Crippen LogP contribution is 2.37. The number of benzene rings is 2. The molecule has 0 aliphatic carbocycles. The van der Waals surface area contributed by atoms with Crippen molar-refractivity contribution in [1.29, 1.82) is 0 Å². The highest BCUT2D eigenvalue weighted by atomic mass is 16.3. The lowest BCUT2D eigenvalue weighted by Crippen LogP contribution is -2.44. The number of aliphatic hydroxyl groups is 1. The van der Waals surface area contributed by atoms with Gasteiger partial charge in [0.2, 0.25) is 0 Å². The molecule has 156 valence electrons. The molecule has 2 aromatic rings. The van der Waals surface area contributed by atoms with E-state index in [-0.39, 0.29) is 19.6 Å². The van der Waals surface area contributed by atoms with Crippen LogP contribution in [0.3, 0.4) is 0 Å². The summed E-state index contributed by atoms with van der Waals surface area (Å²) < 4.78 is 0. The Morgan fingerprint density at radius 2 is 1.07 bits per heavy atom. The van der Waals surface area contributed by atoms with Crippen LogP contribution in [0, 0.1) is 0 Å². The van der Waals surface area contributed by atoms with Crippen molar-refractivity contribution < 1.29 is 24.3 Å². The van der Waals surface area contributed by atoms with Gasteiger partial charge in [0.05, 0.1) is 0 Å². The van der Waals surface area contributed by atoms with E-state index in [1.807, 2.05) is 19.0 Å². The van der Waals surface area contributed by atoms with Gasteiger partial charge in [-0.05, 0) is 57.7 Å². The molecule has 0 saturated carbocycles. The first-order valence-electron chi connectivity index (χ1n) is 9.94. The van der Waals surface area contributed by atoms with Gasteiger partial charge in [-0.2, -0.15) is 0 Å². The van der Waals surface area contributed by atoms with Gasteiger partial charge in [-0.25, -0.2) is 0 Å². The number of rotatable bonds is 7. The van der Waals surface area contributed by atoms with E-state index in [9.17, 15) is 19.2 Å². The third-order valence-electron chi connectivity index (χ3n) is 5.59. The standard InChI is InChI=1S/C22H23N3O5/c1-23(2)9-3-10-24-19(27)13-5-7-15-18-16(8-6-14(17(13)18)20(24)28)22(30)25(21(15)29)11-4-12-26/h5-8,26H,3-4,9-12H2,1-2H3. The predicted octanol–water partition coefficient (Wildman–Crippen LogP) is 1.37. The molecule has 2 aromatic carbocycles. The summed E-state index contributed by atoms with van der Waals surface area (Å²) in [6.45, 7) is 1.01. The number of imide groups is 2. The average Bonchev–Trinajstić information content (AvgIpc) is 2.72. The summed E-state index contributed by atoms with van der Waals surface area (Å²) in [7, 11) is 3.85. The van der Waals surface area contributed by atoms with E-state index in [0.29, 0.717) is 46.0 Å². The molecule has 0 radical (unpaired) electrons. The van der Waals surface area contributed by atoms with E-state index in [1.54, 1.807) is 24.3 Å². The number of amides is 4. The molecule has 4 rings (SSSR count). The second kappa shape index (κ2) is 7.62. The van der Waals surface area contributed by atoms with Crippen LogP contribution in [0.2, 0.25) is 0 Å². The molecule has 0 unspecified atom stereocenters. The molecule has 0 fully saturated rings. The lowest BCUT2D eigenvalue weighted by molar-refractivity contribution is 0.0581. The van der Waals surface area contributed by atoms with Gasteiger partial charge in [-0.3, -0.25) is 29.0 Å². The number of hydrogen-bond donors (Lipinski definition) is 1. The lowest BCUT2D eigenvalue weighted by atomic mass is 9.86. The van der Waals surface area contributed by atoms with Crippen molar-refractivity contribution in [3.63, 3.8) is 0 Å². The van der Waals surface area contributed by atoms with Crippen LogP contribution >= 0.6 is 0 Å². The third-order valence-corrected chi connectivity index (χ3v) is 5.59. The van der Waals surface area contributed by atoms with Crippen molar-refractivity contribution in [2.45, 2.75) is 12.8 Å². The van der Waals surface area contributed by atoms with E-state index in [1.165, 1.54) is 4.90 Å². The summed E-state index contributed by atoms with van der Waals surface area (Å²) in [5.41, 5.74) is 1.26. The quantitative estimate of drug-likeness (QED) is 0.694. The van der Waals surface area contributed by atoms with Crippen LogP contribution in [0.4, 0.5) is 0 Å². The fourth-order valence-electron chi connectivity index (χ4n) is 4.15. The van der Waals surface area contributed by atoms with Crippen LogP contribution in [0.5, 0.6) is 0 Å². The van der Waals surface area contributed by atoms with Crippen LogP contribution < -0.4 is 0 Å². The van der Waals surface area contributed by atoms with E-state index in [2.05, 4.69) is 0 Å². The van der Waals surface area contributed by atoms with Gasteiger partial charge in [-0.1, -0.05) is 0 Å². The number of carbonyl (C=O) groups is 4. The molecule has 0 saturated heterocycles. The Bertz CT molecular complexity index is 1020. The summed E-state index contributed by atoms with van der Waals surface area (Å²) in [6.07, 6.45) is 0.931. The monoisotopic (exact) mass is 409 g/mol. The maximum atomic E-state index is 13.1. The minimum absolute atomic E-state index is 0.107. The summed E-state index contributed by atoms with van der Waals surface area (Å²) in [5.74, 6) is -1.76. The topological polar surface area (TPSA) is 98.2 Å². The maximum absolute atomic E-state index is 13.1. The van der Waals surface area contributed by atoms with Crippen LogP contribution in [0.15, 0.2) is 24.3 Å². The van der Waals surface area contributed by atoms with E-state index >= 15 is 0 Å². The molecule has 0 atom stereocenters. The highest BCUT2D eigenvalue weighted by Gasteiger charge is 2.39. The number of carbonyl (C=O) groups excluding carboxylic acids is 4. The van der Waals surface area contributed by atoms with Gasteiger partial charge >= 0.3 is 0 Å². The van der Waals surface area contributed by atoms with Gasteiger partial charge < -0.3 is 10.0 Å². The average molecular weight is 409 g/mol. The molecule has 0 spiro atoms. The fourth-order valence-corrected chi connectivity index (χ4v) is 4.15. The van der Waals surface area contributed by atoms with Crippen LogP contribution in [-0.4, -0.2) is 83.8 Å². The molecule has 1 N–H and O–H groups in total. The minimum atomic E-state index is -0.474. The molecule has 0 bridgehead atoms. The highest BCUT2D eigenvalue weighted by molar-refractivity contribution is 6.33. The summed E-state index contributed by atoms with van der Waals surface area (Å²) >= 11 is 0. The molecule has 30 heavy (non-hydrogen) atoms.